The van der Waals surface area contributed by atoms with E-state index in [4.69, 9.17) is 10.8 Å². The third kappa shape index (κ3) is 2.00. The highest BCUT2D eigenvalue weighted by molar-refractivity contribution is 5.64. The summed E-state index contributed by atoms with van der Waals surface area (Å²) in [5.74, 6) is 1.29. The number of carbonyl (C=O) groups is 1. The number of rotatable bonds is 2. The minimum atomic E-state index is -0.788. The molecular weight excluding hydrogens is 180 g/mol. The van der Waals surface area contributed by atoms with Gasteiger partial charge in [0.15, 0.2) is 0 Å². The Labute approximate surface area is 84.1 Å². The molecule has 14 heavy (non-hydrogen) atoms. The van der Waals surface area contributed by atoms with Crippen molar-refractivity contribution in [3.63, 3.8) is 0 Å². The topological polar surface area (TPSA) is 66.6 Å². The number of hydrogen-bond acceptors (Lipinski definition) is 2. The van der Waals surface area contributed by atoms with Crippen molar-refractivity contribution in [3.05, 3.63) is 0 Å². The van der Waals surface area contributed by atoms with Crippen LogP contribution in [-0.4, -0.2) is 35.2 Å². The van der Waals surface area contributed by atoms with Gasteiger partial charge in [0.1, 0.15) is 0 Å². The molecule has 1 saturated heterocycles. The van der Waals surface area contributed by atoms with Crippen LogP contribution in [0.4, 0.5) is 4.79 Å². The molecule has 2 rings (SSSR count). The lowest BCUT2D eigenvalue weighted by atomic mass is 9.87. The molecular formula is C10H18N2O2. The molecule has 80 valence electrons. The minimum absolute atomic E-state index is 0.325. The molecule has 0 aromatic heterocycles. The van der Waals surface area contributed by atoms with Crippen LogP contribution < -0.4 is 5.73 Å². The summed E-state index contributed by atoms with van der Waals surface area (Å²) in [5.41, 5.74) is 6.11. The van der Waals surface area contributed by atoms with E-state index in [0.717, 1.165) is 18.8 Å². The lowest BCUT2D eigenvalue weighted by molar-refractivity contribution is 0.118. The van der Waals surface area contributed by atoms with E-state index < -0.39 is 6.09 Å². The van der Waals surface area contributed by atoms with Crippen molar-refractivity contribution in [2.75, 3.05) is 13.1 Å². The van der Waals surface area contributed by atoms with Crippen molar-refractivity contribution < 1.29 is 9.90 Å². The zero-order valence-corrected chi connectivity index (χ0v) is 8.35. The molecule has 0 spiro atoms. The third-order valence-corrected chi connectivity index (χ3v) is 3.52. The van der Waals surface area contributed by atoms with E-state index in [1.807, 2.05) is 0 Å². The van der Waals surface area contributed by atoms with Crippen LogP contribution in [-0.2, 0) is 0 Å². The van der Waals surface area contributed by atoms with Crippen molar-refractivity contribution in [1.29, 1.82) is 0 Å². The van der Waals surface area contributed by atoms with Gasteiger partial charge < -0.3 is 15.7 Å². The van der Waals surface area contributed by atoms with Crippen LogP contribution in [0.5, 0.6) is 0 Å². The van der Waals surface area contributed by atoms with Gasteiger partial charge in [-0.25, -0.2) is 4.79 Å². The van der Waals surface area contributed by atoms with Gasteiger partial charge in [-0.15, -0.1) is 0 Å². The van der Waals surface area contributed by atoms with Crippen molar-refractivity contribution in [1.82, 2.24) is 4.90 Å². The average molecular weight is 198 g/mol. The molecule has 1 saturated carbocycles. The third-order valence-electron chi connectivity index (χ3n) is 3.52. The molecule has 1 heterocycles. The van der Waals surface area contributed by atoms with Crippen LogP contribution in [0.15, 0.2) is 0 Å². The second-order valence-corrected chi connectivity index (χ2v) is 4.52. The Balaban J connectivity index is 1.80. The normalized spacial score (nSPS) is 26.2. The summed E-state index contributed by atoms with van der Waals surface area (Å²) in [6, 6.07) is 0.325. The predicted molar refractivity (Wildman–Crippen MR) is 53.0 cm³/mol. The number of hydrogen-bond donors (Lipinski definition) is 2. The standard InChI is InChI=1S/C10H18N2O2/c11-9(7-1-2-7)8-3-5-12(6-4-8)10(13)14/h7-9H,1-6,11H2,(H,13,14)/t9-/m1/s1. The van der Waals surface area contributed by atoms with Gasteiger partial charge >= 0.3 is 6.09 Å². The molecule has 1 amide bonds. The van der Waals surface area contributed by atoms with E-state index in [1.165, 1.54) is 17.7 Å². The van der Waals surface area contributed by atoms with Gasteiger partial charge in [0.25, 0.3) is 0 Å². The Morgan fingerprint density at radius 1 is 1.21 bits per heavy atom. The molecule has 0 radical (unpaired) electrons. The summed E-state index contributed by atoms with van der Waals surface area (Å²) >= 11 is 0. The first-order chi connectivity index (χ1) is 6.68. The SMILES string of the molecule is N[C@H](C1CC1)C1CCN(C(=O)O)CC1. The van der Waals surface area contributed by atoms with Gasteiger partial charge in [0, 0.05) is 19.1 Å². The molecule has 0 bridgehead atoms. The summed E-state index contributed by atoms with van der Waals surface area (Å²) in [5, 5.41) is 8.78. The molecule has 1 aliphatic heterocycles. The van der Waals surface area contributed by atoms with Crippen molar-refractivity contribution in [3.8, 4) is 0 Å². The maximum absolute atomic E-state index is 10.7. The van der Waals surface area contributed by atoms with E-state index in [0.29, 0.717) is 25.0 Å². The van der Waals surface area contributed by atoms with E-state index in [-0.39, 0.29) is 0 Å². The fourth-order valence-electron chi connectivity index (χ4n) is 2.34. The van der Waals surface area contributed by atoms with E-state index in [9.17, 15) is 4.79 Å². The number of nitrogens with two attached hydrogens (primary N) is 1. The summed E-state index contributed by atoms with van der Waals surface area (Å²) in [4.78, 5) is 12.2. The van der Waals surface area contributed by atoms with Gasteiger partial charge in [-0.05, 0) is 37.5 Å². The molecule has 0 unspecified atom stereocenters. The highest BCUT2D eigenvalue weighted by Gasteiger charge is 2.35. The maximum atomic E-state index is 10.7. The van der Waals surface area contributed by atoms with E-state index in [1.54, 1.807) is 0 Å². The first-order valence-corrected chi connectivity index (χ1v) is 5.42. The number of piperidine rings is 1. The smallest absolute Gasteiger partial charge is 0.407 e. The minimum Gasteiger partial charge on any atom is -0.465 e. The van der Waals surface area contributed by atoms with Gasteiger partial charge in [0.2, 0.25) is 0 Å². The van der Waals surface area contributed by atoms with E-state index >= 15 is 0 Å². The zero-order chi connectivity index (χ0) is 10.1. The highest BCUT2D eigenvalue weighted by Crippen LogP contribution is 2.37. The largest absolute Gasteiger partial charge is 0.465 e. The number of nitrogens with zero attached hydrogens (tertiary/aromatic N) is 1. The van der Waals surface area contributed by atoms with Crippen LogP contribution in [0.2, 0.25) is 0 Å². The van der Waals surface area contributed by atoms with Crippen LogP contribution in [0.1, 0.15) is 25.7 Å². The van der Waals surface area contributed by atoms with Gasteiger partial charge in [-0.3, -0.25) is 0 Å². The molecule has 4 nitrogen and oxygen atoms in total. The van der Waals surface area contributed by atoms with Gasteiger partial charge in [-0.1, -0.05) is 0 Å². The summed E-state index contributed by atoms with van der Waals surface area (Å²) < 4.78 is 0. The van der Waals surface area contributed by atoms with Gasteiger partial charge in [0.05, 0.1) is 0 Å². The lowest BCUT2D eigenvalue weighted by Crippen LogP contribution is -2.43. The average Bonchev–Trinajstić information content (AvgIpc) is 3.00. The van der Waals surface area contributed by atoms with Crippen LogP contribution in [0, 0.1) is 11.8 Å². The van der Waals surface area contributed by atoms with Crippen molar-refractivity contribution >= 4 is 6.09 Å². The number of likely N-dealkylation sites (tertiary alicyclic amines) is 1. The van der Waals surface area contributed by atoms with Crippen molar-refractivity contribution in [2.24, 2.45) is 17.6 Å². The van der Waals surface area contributed by atoms with Crippen molar-refractivity contribution in [2.45, 2.75) is 31.7 Å². The monoisotopic (exact) mass is 198 g/mol. The quantitative estimate of drug-likeness (QED) is 0.698. The van der Waals surface area contributed by atoms with Crippen LogP contribution >= 0.6 is 0 Å². The fourth-order valence-corrected chi connectivity index (χ4v) is 2.34. The molecule has 4 heteroatoms. The Hall–Kier alpha value is -0.770. The lowest BCUT2D eigenvalue weighted by Gasteiger charge is -2.33. The molecule has 2 aliphatic rings. The second-order valence-electron chi connectivity index (χ2n) is 4.52. The molecule has 2 fully saturated rings. The summed E-state index contributed by atoms with van der Waals surface area (Å²) in [7, 11) is 0. The molecule has 1 atom stereocenters. The van der Waals surface area contributed by atoms with Gasteiger partial charge in [-0.2, -0.15) is 0 Å². The Bertz CT molecular complexity index is 220. The number of amides is 1. The molecule has 0 aromatic carbocycles. The first-order valence-electron chi connectivity index (χ1n) is 5.42. The summed E-state index contributed by atoms with van der Waals surface area (Å²) in [6.07, 6.45) is 3.66. The summed E-state index contributed by atoms with van der Waals surface area (Å²) in [6.45, 7) is 1.33. The zero-order valence-electron chi connectivity index (χ0n) is 8.35. The molecule has 3 N–H and O–H groups in total. The Kier molecular flexibility index (Phi) is 2.63. The maximum Gasteiger partial charge on any atom is 0.407 e. The Morgan fingerprint density at radius 2 is 1.71 bits per heavy atom. The molecule has 0 aromatic rings. The number of carboxylic acid groups (broad SMARTS) is 1. The fraction of sp³-hybridized carbons (Fsp3) is 0.900. The van der Waals surface area contributed by atoms with Crippen LogP contribution in [0.25, 0.3) is 0 Å². The molecule has 1 aliphatic carbocycles. The Morgan fingerprint density at radius 3 is 2.14 bits per heavy atom. The van der Waals surface area contributed by atoms with E-state index in [2.05, 4.69) is 0 Å². The highest BCUT2D eigenvalue weighted by atomic mass is 16.4. The van der Waals surface area contributed by atoms with Crippen LogP contribution in [0.3, 0.4) is 0 Å². The first kappa shape index (κ1) is 9.77. The second kappa shape index (κ2) is 3.77. The predicted octanol–water partition coefficient (Wildman–Crippen LogP) is 1.11.